The lowest BCUT2D eigenvalue weighted by molar-refractivity contribution is -0.121. The van der Waals surface area contributed by atoms with Gasteiger partial charge in [0.1, 0.15) is 18.0 Å². The number of thiophene rings is 1. The minimum Gasteiger partial charge on any atom is -0.493 e. The second-order valence-corrected chi connectivity index (χ2v) is 10.3. The van der Waals surface area contributed by atoms with Gasteiger partial charge in [0.15, 0.2) is 11.5 Å². The highest BCUT2D eigenvalue weighted by Gasteiger charge is 2.23. The molecule has 5 rings (SSSR count). The lowest BCUT2D eigenvalue weighted by Crippen LogP contribution is -2.30. The fourth-order valence-corrected chi connectivity index (χ4v) is 5.81. The Hall–Kier alpha value is -3.98. The fourth-order valence-electron chi connectivity index (χ4n) is 4.47. The number of nitrogens with one attached hydrogen (secondary N) is 1. The molecule has 0 saturated heterocycles. The molecule has 1 aliphatic rings. The van der Waals surface area contributed by atoms with Gasteiger partial charge in [0, 0.05) is 4.88 Å². The van der Waals surface area contributed by atoms with Crippen molar-refractivity contribution in [1.29, 1.82) is 0 Å². The Kier molecular flexibility index (Phi) is 7.32. The van der Waals surface area contributed by atoms with Crippen molar-refractivity contribution in [2.45, 2.75) is 39.3 Å². The minimum absolute atomic E-state index is 0.157. The van der Waals surface area contributed by atoms with Crippen LogP contribution in [-0.4, -0.2) is 28.8 Å². The Labute approximate surface area is 218 Å². The van der Waals surface area contributed by atoms with E-state index in [1.54, 1.807) is 30.6 Å². The number of methoxy groups -OCH3 is 1. The number of hydrogen-bond acceptors (Lipinski definition) is 7. The van der Waals surface area contributed by atoms with E-state index in [2.05, 4.69) is 22.4 Å². The highest BCUT2D eigenvalue weighted by atomic mass is 32.1. The van der Waals surface area contributed by atoms with Gasteiger partial charge in [-0.2, -0.15) is 5.10 Å². The number of nitrogens with zero attached hydrogens (tertiary/aromatic N) is 3. The van der Waals surface area contributed by atoms with Gasteiger partial charge >= 0.3 is 0 Å². The highest BCUT2D eigenvalue weighted by Crippen LogP contribution is 2.35. The van der Waals surface area contributed by atoms with Crippen molar-refractivity contribution in [3.8, 4) is 11.5 Å². The Morgan fingerprint density at radius 2 is 2.08 bits per heavy atom. The Bertz CT molecular complexity index is 1510. The molecule has 0 saturated carbocycles. The van der Waals surface area contributed by atoms with Crippen LogP contribution < -0.4 is 20.5 Å². The normalized spacial score (nSPS) is 15.0. The molecule has 4 aromatic rings. The highest BCUT2D eigenvalue weighted by molar-refractivity contribution is 7.18. The van der Waals surface area contributed by atoms with Crippen molar-refractivity contribution < 1.29 is 14.3 Å². The third-order valence-corrected chi connectivity index (χ3v) is 7.59. The minimum atomic E-state index is -0.410. The molecule has 9 heteroatoms. The molecule has 1 atom stereocenters. The molecule has 0 spiro atoms. The van der Waals surface area contributed by atoms with E-state index < -0.39 is 5.91 Å². The number of rotatable bonds is 8. The standard InChI is InChI=1S/C28H28N4O4S/c1-18-8-10-21-24(12-18)37-27-26(21)28(34)32(17-29-27)15-25(33)31-30-14-20-9-11-22(23(13-20)35-2)36-16-19-6-4-3-5-7-19/h3-7,9,11,13-14,17-18H,8,10,12,15-16H2,1-2H3,(H,31,33). The van der Waals surface area contributed by atoms with E-state index in [4.69, 9.17) is 9.47 Å². The van der Waals surface area contributed by atoms with Crippen molar-refractivity contribution in [2.75, 3.05) is 7.11 Å². The zero-order valence-electron chi connectivity index (χ0n) is 20.8. The molecule has 1 amide bonds. The molecule has 2 aromatic carbocycles. The summed E-state index contributed by atoms with van der Waals surface area (Å²) < 4.78 is 12.7. The molecule has 0 fully saturated rings. The van der Waals surface area contributed by atoms with Crippen LogP contribution in [0.15, 0.2) is 64.8 Å². The maximum Gasteiger partial charge on any atom is 0.262 e. The number of amides is 1. The summed E-state index contributed by atoms with van der Waals surface area (Å²) in [5.74, 6) is 1.38. The summed E-state index contributed by atoms with van der Waals surface area (Å²) in [5, 5.41) is 4.70. The number of aryl methyl sites for hydroxylation is 1. The van der Waals surface area contributed by atoms with Crippen LogP contribution >= 0.6 is 11.3 Å². The molecular weight excluding hydrogens is 488 g/mol. The quantitative estimate of drug-likeness (QED) is 0.278. The van der Waals surface area contributed by atoms with Crippen LogP contribution in [0.1, 0.15) is 34.9 Å². The molecule has 2 heterocycles. The lowest BCUT2D eigenvalue weighted by Gasteiger charge is -2.17. The van der Waals surface area contributed by atoms with Crippen molar-refractivity contribution in [3.05, 3.63) is 86.8 Å². The third kappa shape index (κ3) is 5.56. The molecular formula is C28H28N4O4S. The molecule has 1 N–H and O–H groups in total. The fraction of sp³-hybridized carbons (Fsp3) is 0.286. The SMILES string of the molecule is COc1cc(C=NNC(=O)Cn2cnc3sc4c(c3c2=O)CCC(C)C4)ccc1OCc1ccccc1. The zero-order chi connectivity index (χ0) is 25.8. The predicted octanol–water partition coefficient (Wildman–Crippen LogP) is 4.32. The summed E-state index contributed by atoms with van der Waals surface area (Å²) in [6.45, 7) is 2.50. The Morgan fingerprint density at radius 1 is 1.24 bits per heavy atom. The van der Waals surface area contributed by atoms with Gasteiger partial charge in [-0.3, -0.25) is 14.2 Å². The largest absolute Gasteiger partial charge is 0.493 e. The van der Waals surface area contributed by atoms with Crippen LogP contribution in [0.4, 0.5) is 0 Å². The Balaban J connectivity index is 1.22. The smallest absolute Gasteiger partial charge is 0.262 e. The third-order valence-electron chi connectivity index (χ3n) is 6.42. The average molecular weight is 517 g/mol. The summed E-state index contributed by atoms with van der Waals surface area (Å²) in [7, 11) is 1.57. The van der Waals surface area contributed by atoms with E-state index in [-0.39, 0.29) is 12.1 Å². The number of hydrazone groups is 1. The number of hydrogen-bond donors (Lipinski definition) is 1. The van der Waals surface area contributed by atoms with Gasteiger partial charge in [-0.15, -0.1) is 11.3 Å². The maximum absolute atomic E-state index is 13.1. The first kappa shape index (κ1) is 24.7. The number of carbonyl (C=O) groups excluding carboxylic acids is 1. The average Bonchev–Trinajstić information content (AvgIpc) is 3.28. The first-order chi connectivity index (χ1) is 18.0. The Morgan fingerprint density at radius 3 is 2.89 bits per heavy atom. The van der Waals surface area contributed by atoms with Crippen LogP contribution in [0.25, 0.3) is 10.2 Å². The molecule has 1 aliphatic carbocycles. The summed E-state index contributed by atoms with van der Waals surface area (Å²) in [6.07, 6.45) is 5.89. The number of aromatic nitrogens is 2. The number of fused-ring (bicyclic) bond motifs is 3. The van der Waals surface area contributed by atoms with E-state index in [1.807, 2.05) is 36.4 Å². The van der Waals surface area contributed by atoms with Gasteiger partial charge in [-0.25, -0.2) is 10.4 Å². The van der Waals surface area contributed by atoms with Gasteiger partial charge in [-0.1, -0.05) is 37.3 Å². The predicted molar refractivity (Wildman–Crippen MR) is 145 cm³/mol. The summed E-state index contributed by atoms with van der Waals surface area (Å²) in [4.78, 5) is 32.1. The van der Waals surface area contributed by atoms with E-state index in [9.17, 15) is 9.59 Å². The van der Waals surface area contributed by atoms with Gasteiger partial charge in [-0.05, 0) is 60.1 Å². The summed E-state index contributed by atoms with van der Waals surface area (Å²) in [6, 6.07) is 15.3. The molecule has 8 nitrogen and oxygen atoms in total. The number of benzene rings is 2. The second kappa shape index (κ2) is 11.0. The van der Waals surface area contributed by atoms with Crippen LogP contribution in [0.5, 0.6) is 11.5 Å². The van der Waals surface area contributed by atoms with Crippen molar-refractivity contribution in [2.24, 2.45) is 11.0 Å². The van der Waals surface area contributed by atoms with E-state index in [0.717, 1.165) is 40.8 Å². The van der Waals surface area contributed by atoms with Crippen molar-refractivity contribution in [1.82, 2.24) is 15.0 Å². The van der Waals surface area contributed by atoms with E-state index in [1.165, 1.54) is 22.0 Å². The summed E-state index contributed by atoms with van der Waals surface area (Å²) in [5.41, 5.74) is 5.20. The van der Waals surface area contributed by atoms with E-state index >= 15 is 0 Å². The maximum atomic E-state index is 13.1. The molecule has 0 aliphatic heterocycles. The molecule has 0 radical (unpaired) electrons. The van der Waals surface area contributed by atoms with Crippen molar-refractivity contribution >= 4 is 33.7 Å². The number of carbonyl (C=O) groups is 1. The zero-order valence-corrected chi connectivity index (χ0v) is 21.6. The van der Waals surface area contributed by atoms with Crippen LogP contribution in [0.3, 0.4) is 0 Å². The molecule has 37 heavy (non-hydrogen) atoms. The monoisotopic (exact) mass is 516 g/mol. The molecule has 1 unspecified atom stereocenters. The van der Waals surface area contributed by atoms with Gasteiger partial charge in [0.2, 0.25) is 0 Å². The van der Waals surface area contributed by atoms with Crippen molar-refractivity contribution in [3.63, 3.8) is 0 Å². The van der Waals surface area contributed by atoms with Gasteiger partial charge in [0.05, 0.1) is 25.0 Å². The molecule has 190 valence electrons. The first-order valence-electron chi connectivity index (χ1n) is 12.2. The van der Waals surface area contributed by atoms with E-state index in [0.29, 0.717) is 29.4 Å². The van der Waals surface area contributed by atoms with Gasteiger partial charge < -0.3 is 9.47 Å². The topological polar surface area (TPSA) is 94.8 Å². The second-order valence-electron chi connectivity index (χ2n) is 9.19. The van der Waals surface area contributed by atoms with Crippen LogP contribution in [0.2, 0.25) is 0 Å². The first-order valence-corrected chi connectivity index (χ1v) is 13.0. The molecule has 0 bridgehead atoms. The molecule has 2 aromatic heterocycles. The van der Waals surface area contributed by atoms with Crippen LogP contribution in [-0.2, 0) is 30.8 Å². The summed E-state index contributed by atoms with van der Waals surface area (Å²) >= 11 is 1.59. The van der Waals surface area contributed by atoms with Gasteiger partial charge in [0.25, 0.3) is 11.5 Å². The van der Waals surface area contributed by atoms with Crippen LogP contribution in [0, 0.1) is 5.92 Å². The number of ether oxygens (including phenoxy) is 2. The lowest BCUT2D eigenvalue weighted by atomic mass is 9.89.